The first kappa shape index (κ1) is 26.0. The second-order valence-electron chi connectivity index (χ2n) is 8.02. The van der Waals surface area contributed by atoms with Gasteiger partial charge in [-0.25, -0.2) is 9.79 Å². The maximum Gasteiger partial charge on any atom is 0.338 e. The summed E-state index contributed by atoms with van der Waals surface area (Å²) in [6.45, 7) is 3.65. The lowest BCUT2D eigenvalue weighted by atomic mass is 9.95. The molecule has 0 saturated carbocycles. The van der Waals surface area contributed by atoms with Crippen molar-refractivity contribution in [1.82, 2.24) is 4.57 Å². The minimum absolute atomic E-state index is 0.186. The van der Waals surface area contributed by atoms with Crippen molar-refractivity contribution in [1.29, 1.82) is 0 Å². The van der Waals surface area contributed by atoms with E-state index in [1.54, 1.807) is 71.6 Å². The Bertz CT molecular complexity index is 1550. The standard InChI is InChI=1S/C27H28N2O7S/c1-7-36-26(31)23-15(2)28-27-29(24(23)18-10-9-17(32-3)14-20(18)34-5)25(30)22(37-27)13-16-8-11-19(33-4)21(12-16)35-6/h8-14,24H,7H2,1-6H3/b22-13-/t24-/m0/s1. The van der Waals surface area contributed by atoms with Crippen LogP contribution < -0.4 is 33.8 Å². The Morgan fingerprint density at radius 1 is 1.00 bits per heavy atom. The van der Waals surface area contributed by atoms with Gasteiger partial charge in [-0.2, -0.15) is 0 Å². The minimum atomic E-state index is -0.802. The van der Waals surface area contributed by atoms with Crippen molar-refractivity contribution in [2.45, 2.75) is 19.9 Å². The third kappa shape index (κ3) is 4.84. The highest BCUT2D eigenvalue weighted by Gasteiger charge is 2.35. The van der Waals surface area contributed by atoms with Gasteiger partial charge in [-0.05, 0) is 49.8 Å². The second kappa shape index (κ2) is 10.9. The van der Waals surface area contributed by atoms with Gasteiger partial charge in [0.15, 0.2) is 16.3 Å². The smallest absolute Gasteiger partial charge is 0.338 e. The van der Waals surface area contributed by atoms with E-state index in [0.717, 1.165) is 5.56 Å². The van der Waals surface area contributed by atoms with E-state index in [0.29, 0.717) is 43.6 Å². The monoisotopic (exact) mass is 524 g/mol. The Morgan fingerprint density at radius 2 is 1.73 bits per heavy atom. The zero-order chi connectivity index (χ0) is 26.7. The van der Waals surface area contributed by atoms with Crippen molar-refractivity contribution in [3.05, 3.63) is 78.5 Å². The highest BCUT2D eigenvalue weighted by atomic mass is 32.1. The number of ether oxygens (including phenoxy) is 5. The molecule has 0 fully saturated rings. The third-order valence-electron chi connectivity index (χ3n) is 5.96. The zero-order valence-electron chi connectivity index (χ0n) is 21.5. The Balaban J connectivity index is 1.97. The molecule has 0 aliphatic carbocycles. The van der Waals surface area contributed by atoms with Gasteiger partial charge in [0.1, 0.15) is 17.5 Å². The summed E-state index contributed by atoms with van der Waals surface area (Å²) in [5.74, 6) is 1.64. The van der Waals surface area contributed by atoms with Crippen LogP contribution in [0.15, 0.2) is 57.5 Å². The van der Waals surface area contributed by atoms with Crippen molar-refractivity contribution in [2.24, 2.45) is 4.99 Å². The van der Waals surface area contributed by atoms with Crippen LogP contribution in [-0.2, 0) is 9.53 Å². The molecule has 2 heterocycles. The van der Waals surface area contributed by atoms with Gasteiger partial charge in [-0.3, -0.25) is 9.36 Å². The van der Waals surface area contributed by atoms with Crippen LogP contribution in [0.3, 0.4) is 0 Å². The first-order valence-electron chi connectivity index (χ1n) is 11.5. The van der Waals surface area contributed by atoms with E-state index in [-0.39, 0.29) is 17.7 Å². The van der Waals surface area contributed by atoms with Gasteiger partial charge in [-0.1, -0.05) is 17.4 Å². The van der Waals surface area contributed by atoms with E-state index in [1.165, 1.54) is 23.0 Å². The summed E-state index contributed by atoms with van der Waals surface area (Å²) in [7, 11) is 6.20. The summed E-state index contributed by atoms with van der Waals surface area (Å²) in [5, 5.41) is 0. The number of hydrogen-bond acceptors (Lipinski definition) is 9. The summed E-state index contributed by atoms with van der Waals surface area (Å²) in [5.41, 5.74) is 1.81. The fraction of sp³-hybridized carbons (Fsp3) is 0.296. The van der Waals surface area contributed by atoms with Gasteiger partial charge in [0.2, 0.25) is 0 Å². The number of carbonyl (C=O) groups excluding carboxylic acids is 1. The normalized spacial score (nSPS) is 15.1. The molecule has 1 aliphatic heterocycles. The van der Waals surface area contributed by atoms with Gasteiger partial charge in [0.25, 0.3) is 5.56 Å². The van der Waals surface area contributed by atoms with E-state index in [4.69, 9.17) is 23.7 Å². The van der Waals surface area contributed by atoms with E-state index in [1.807, 2.05) is 6.07 Å². The van der Waals surface area contributed by atoms with E-state index in [9.17, 15) is 9.59 Å². The number of benzene rings is 2. The largest absolute Gasteiger partial charge is 0.497 e. The number of fused-ring (bicyclic) bond motifs is 1. The SMILES string of the molecule is CCOC(=O)C1=C(C)N=c2s/c(=C\c3ccc(OC)c(OC)c3)c(=O)n2[C@H]1c1ccc(OC)cc1OC. The summed E-state index contributed by atoms with van der Waals surface area (Å²) >= 11 is 1.23. The molecule has 1 aliphatic rings. The summed E-state index contributed by atoms with van der Waals surface area (Å²) in [4.78, 5) is 32.0. The summed E-state index contributed by atoms with van der Waals surface area (Å²) in [6.07, 6.45) is 1.76. The predicted molar refractivity (Wildman–Crippen MR) is 139 cm³/mol. The van der Waals surface area contributed by atoms with E-state index >= 15 is 0 Å². The molecule has 0 spiro atoms. The molecule has 10 heteroatoms. The third-order valence-corrected chi connectivity index (χ3v) is 6.94. The van der Waals surface area contributed by atoms with Crippen LogP contribution in [0.2, 0.25) is 0 Å². The number of rotatable bonds is 8. The number of nitrogens with zero attached hydrogens (tertiary/aromatic N) is 2. The average Bonchev–Trinajstić information content (AvgIpc) is 3.21. The van der Waals surface area contributed by atoms with E-state index < -0.39 is 12.0 Å². The van der Waals surface area contributed by atoms with Crippen molar-refractivity contribution < 1.29 is 28.5 Å². The first-order chi connectivity index (χ1) is 17.9. The van der Waals surface area contributed by atoms with Crippen LogP contribution in [-0.4, -0.2) is 45.6 Å². The van der Waals surface area contributed by atoms with E-state index in [2.05, 4.69) is 4.99 Å². The first-order valence-corrected chi connectivity index (χ1v) is 12.3. The number of carbonyl (C=O) groups is 1. The van der Waals surface area contributed by atoms with Gasteiger partial charge in [0.05, 0.1) is 50.8 Å². The molecule has 4 rings (SSSR count). The van der Waals surface area contributed by atoms with Crippen LogP contribution in [0.1, 0.15) is 31.0 Å². The molecule has 0 N–H and O–H groups in total. The van der Waals surface area contributed by atoms with Crippen LogP contribution in [0, 0.1) is 0 Å². The minimum Gasteiger partial charge on any atom is -0.497 e. The molecule has 9 nitrogen and oxygen atoms in total. The summed E-state index contributed by atoms with van der Waals surface area (Å²) < 4.78 is 29.0. The maximum absolute atomic E-state index is 13.8. The molecular weight excluding hydrogens is 496 g/mol. The van der Waals surface area contributed by atoms with Gasteiger partial charge >= 0.3 is 5.97 Å². The molecule has 37 heavy (non-hydrogen) atoms. The number of methoxy groups -OCH3 is 4. The van der Waals surface area contributed by atoms with Gasteiger partial charge < -0.3 is 23.7 Å². The lowest BCUT2D eigenvalue weighted by molar-refractivity contribution is -0.139. The molecule has 0 radical (unpaired) electrons. The quantitative estimate of drug-likeness (QED) is 0.418. The zero-order valence-corrected chi connectivity index (χ0v) is 22.3. The topological polar surface area (TPSA) is 97.6 Å². The van der Waals surface area contributed by atoms with Crippen molar-refractivity contribution in [2.75, 3.05) is 35.0 Å². The molecule has 0 bridgehead atoms. The summed E-state index contributed by atoms with van der Waals surface area (Å²) in [6, 6.07) is 9.85. The highest BCUT2D eigenvalue weighted by Crippen LogP contribution is 2.37. The number of allylic oxidation sites excluding steroid dienone is 1. The Kier molecular flexibility index (Phi) is 7.68. The van der Waals surface area contributed by atoms with Crippen LogP contribution in [0.5, 0.6) is 23.0 Å². The molecule has 0 saturated heterocycles. The molecule has 1 aromatic heterocycles. The predicted octanol–water partition coefficient (Wildman–Crippen LogP) is 2.83. The number of esters is 1. The fourth-order valence-electron chi connectivity index (χ4n) is 4.22. The molecule has 2 aromatic carbocycles. The maximum atomic E-state index is 13.8. The van der Waals surface area contributed by atoms with Crippen molar-refractivity contribution >= 4 is 23.4 Å². The number of aromatic nitrogens is 1. The van der Waals surface area contributed by atoms with Crippen LogP contribution >= 0.6 is 11.3 Å². The average molecular weight is 525 g/mol. The van der Waals surface area contributed by atoms with Crippen LogP contribution in [0.25, 0.3) is 6.08 Å². The van der Waals surface area contributed by atoms with Crippen LogP contribution in [0.4, 0.5) is 0 Å². The lowest BCUT2D eigenvalue weighted by Gasteiger charge is -2.26. The molecule has 194 valence electrons. The molecule has 3 aromatic rings. The van der Waals surface area contributed by atoms with Gasteiger partial charge in [0, 0.05) is 11.6 Å². The Morgan fingerprint density at radius 3 is 2.38 bits per heavy atom. The molecule has 0 amide bonds. The fourth-order valence-corrected chi connectivity index (χ4v) is 5.27. The highest BCUT2D eigenvalue weighted by molar-refractivity contribution is 7.07. The Labute approximate surface area is 217 Å². The molecule has 0 unspecified atom stereocenters. The Hall–Kier alpha value is -4.05. The second-order valence-corrected chi connectivity index (χ2v) is 9.03. The van der Waals surface area contributed by atoms with Crippen molar-refractivity contribution in [3.8, 4) is 23.0 Å². The number of hydrogen-bond donors (Lipinski definition) is 0. The van der Waals surface area contributed by atoms with Crippen molar-refractivity contribution in [3.63, 3.8) is 0 Å². The van der Waals surface area contributed by atoms with Gasteiger partial charge in [-0.15, -0.1) is 0 Å². The molecular formula is C27H28N2O7S. The molecule has 1 atom stereocenters. The number of thiazole rings is 1. The lowest BCUT2D eigenvalue weighted by Crippen LogP contribution is -2.40.